The molecule has 0 aromatic heterocycles. The first-order valence-corrected chi connectivity index (χ1v) is 7.36. The van der Waals surface area contributed by atoms with Gasteiger partial charge in [0.2, 0.25) is 0 Å². The summed E-state index contributed by atoms with van der Waals surface area (Å²) in [4.78, 5) is 12.1. The number of rotatable bonds is 6. The van der Waals surface area contributed by atoms with Crippen LogP contribution in [0.4, 0.5) is 0 Å². The summed E-state index contributed by atoms with van der Waals surface area (Å²) in [7, 11) is 0. The summed E-state index contributed by atoms with van der Waals surface area (Å²) < 4.78 is 0. The third-order valence-electron chi connectivity index (χ3n) is 3.28. The molecular formula is C14H20BrNO3. The molecule has 1 aromatic rings. The van der Waals surface area contributed by atoms with Crippen LogP contribution in [-0.2, 0) is 0 Å². The molecule has 0 aliphatic heterocycles. The molecule has 106 valence electrons. The zero-order chi connectivity index (χ0) is 14.4. The van der Waals surface area contributed by atoms with E-state index in [-0.39, 0.29) is 27.8 Å². The van der Waals surface area contributed by atoms with E-state index in [1.807, 2.05) is 0 Å². The minimum atomic E-state index is -0.385. The molecule has 1 unspecified atom stereocenters. The molecule has 0 bridgehead atoms. The first-order valence-electron chi connectivity index (χ1n) is 6.44. The fourth-order valence-corrected chi connectivity index (χ4v) is 2.88. The Morgan fingerprint density at radius 3 is 2.53 bits per heavy atom. The van der Waals surface area contributed by atoms with Crippen molar-refractivity contribution in [3.63, 3.8) is 0 Å². The number of carbonyl (C=O) groups is 1. The molecule has 0 heterocycles. The Bertz CT molecular complexity index is 433. The van der Waals surface area contributed by atoms with Gasteiger partial charge in [-0.05, 0) is 18.1 Å². The molecule has 0 aliphatic carbocycles. The molecule has 5 heteroatoms. The Morgan fingerprint density at radius 2 is 1.95 bits per heavy atom. The summed E-state index contributed by atoms with van der Waals surface area (Å²) in [6.45, 7) is 4.72. The van der Waals surface area contributed by atoms with Crippen molar-refractivity contribution < 1.29 is 15.0 Å². The molecule has 1 rings (SSSR count). The van der Waals surface area contributed by atoms with Crippen LogP contribution in [0.1, 0.15) is 37.0 Å². The minimum Gasteiger partial charge on any atom is -0.504 e. The summed E-state index contributed by atoms with van der Waals surface area (Å²) >= 11 is 3.57. The van der Waals surface area contributed by atoms with Gasteiger partial charge in [0.15, 0.2) is 11.5 Å². The van der Waals surface area contributed by atoms with E-state index in [9.17, 15) is 15.0 Å². The fourth-order valence-electron chi connectivity index (χ4n) is 1.97. The van der Waals surface area contributed by atoms with Gasteiger partial charge in [-0.25, -0.2) is 0 Å². The van der Waals surface area contributed by atoms with Crippen LogP contribution < -0.4 is 5.32 Å². The average Bonchev–Trinajstić information content (AvgIpc) is 2.40. The maximum atomic E-state index is 11.9. The van der Waals surface area contributed by atoms with Gasteiger partial charge in [-0.1, -0.05) is 48.7 Å². The number of alkyl halides is 1. The Morgan fingerprint density at radius 1 is 1.32 bits per heavy atom. The zero-order valence-corrected chi connectivity index (χ0v) is 12.8. The highest BCUT2D eigenvalue weighted by molar-refractivity contribution is 9.09. The number of hydrogen-bond donors (Lipinski definition) is 3. The highest BCUT2D eigenvalue weighted by Gasteiger charge is 2.18. The second kappa shape index (κ2) is 7.38. The monoisotopic (exact) mass is 329 g/mol. The van der Waals surface area contributed by atoms with Crippen molar-refractivity contribution >= 4 is 21.8 Å². The maximum Gasteiger partial charge on any atom is 0.255 e. The van der Waals surface area contributed by atoms with Crippen LogP contribution in [0.25, 0.3) is 0 Å². The van der Waals surface area contributed by atoms with Gasteiger partial charge in [0, 0.05) is 11.4 Å². The highest BCUT2D eigenvalue weighted by Crippen LogP contribution is 2.28. The summed E-state index contributed by atoms with van der Waals surface area (Å²) in [5.74, 6) is -0.557. The molecule has 0 saturated heterocycles. The van der Waals surface area contributed by atoms with Crippen molar-refractivity contribution in [2.45, 2.75) is 31.5 Å². The molecule has 0 saturated carbocycles. The molecule has 3 N–H and O–H groups in total. The van der Waals surface area contributed by atoms with Gasteiger partial charge in [0.1, 0.15) is 0 Å². The molecule has 1 amide bonds. The number of halogens is 1. The van der Waals surface area contributed by atoms with Crippen molar-refractivity contribution in [1.82, 2.24) is 5.32 Å². The fraction of sp³-hybridized carbons (Fsp3) is 0.500. The number of phenolic OH excluding ortho intramolecular Hbond substituents is 2. The quantitative estimate of drug-likeness (QED) is 0.555. The first kappa shape index (κ1) is 15.8. The molecular weight excluding hydrogens is 310 g/mol. The van der Waals surface area contributed by atoms with E-state index in [1.165, 1.54) is 18.2 Å². The van der Waals surface area contributed by atoms with Crippen molar-refractivity contribution in [2.75, 3.05) is 6.54 Å². The number of para-hydroxylation sites is 1. The van der Waals surface area contributed by atoms with E-state index in [0.717, 1.165) is 12.8 Å². The van der Waals surface area contributed by atoms with Crippen LogP contribution >= 0.6 is 15.9 Å². The standard InChI is InChI=1S/C14H20BrNO3/c1-3-9(4-2)11(15)8-16-14(19)10-6-5-7-12(17)13(10)18/h5-7,9,11,17-18H,3-4,8H2,1-2H3,(H,16,19). The van der Waals surface area contributed by atoms with E-state index in [2.05, 4.69) is 35.1 Å². The number of hydrogen-bond acceptors (Lipinski definition) is 3. The van der Waals surface area contributed by atoms with Crippen LogP contribution in [0.2, 0.25) is 0 Å². The van der Waals surface area contributed by atoms with Crippen LogP contribution in [0, 0.1) is 5.92 Å². The lowest BCUT2D eigenvalue weighted by atomic mass is 9.99. The predicted molar refractivity (Wildman–Crippen MR) is 78.9 cm³/mol. The van der Waals surface area contributed by atoms with E-state index >= 15 is 0 Å². The third-order valence-corrected chi connectivity index (χ3v) is 4.35. The normalized spacial score (nSPS) is 12.4. The second-order valence-corrected chi connectivity index (χ2v) is 5.65. The Balaban J connectivity index is 2.63. The molecule has 0 fully saturated rings. The molecule has 4 nitrogen and oxygen atoms in total. The summed E-state index contributed by atoms with van der Waals surface area (Å²) in [5.41, 5.74) is 0.0873. The smallest absolute Gasteiger partial charge is 0.255 e. The summed E-state index contributed by atoms with van der Waals surface area (Å²) in [6, 6.07) is 4.34. The third kappa shape index (κ3) is 4.13. The van der Waals surface area contributed by atoms with Gasteiger partial charge < -0.3 is 15.5 Å². The Labute approximate surface area is 122 Å². The number of amides is 1. The van der Waals surface area contributed by atoms with E-state index in [0.29, 0.717) is 12.5 Å². The number of phenols is 2. The lowest BCUT2D eigenvalue weighted by molar-refractivity contribution is 0.0948. The van der Waals surface area contributed by atoms with E-state index in [4.69, 9.17) is 0 Å². The maximum absolute atomic E-state index is 11.9. The number of aromatic hydroxyl groups is 2. The first-order chi connectivity index (χ1) is 9.01. The van der Waals surface area contributed by atoms with Gasteiger partial charge in [0.25, 0.3) is 5.91 Å². The number of benzene rings is 1. The van der Waals surface area contributed by atoms with Crippen molar-refractivity contribution in [2.24, 2.45) is 5.92 Å². The topological polar surface area (TPSA) is 69.6 Å². The summed E-state index contributed by atoms with van der Waals surface area (Å²) in [5, 5.41) is 21.7. The Hall–Kier alpha value is -1.23. The summed E-state index contributed by atoms with van der Waals surface area (Å²) in [6.07, 6.45) is 2.08. The molecule has 1 atom stereocenters. The Kier molecular flexibility index (Phi) is 6.15. The van der Waals surface area contributed by atoms with Crippen molar-refractivity contribution in [1.29, 1.82) is 0 Å². The van der Waals surface area contributed by atoms with Crippen molar-refractivity contribution in [3.8, 4) is 11.5 Å². The largest absolute Gasteiger partial charge is 0.504 e. The van der Waals surface area contributed by atoms with Gasteiger partial charge in [-0.2, -0.15) is 0 Å². The number of nitrogens with one attached hydrogen (secondary N) is 1. The van der Waals surface area contributed by atoms with Gasteiger partial charge in [-0.3, -0.25) is 4.79 Å². The van der Waals surface area contributed by atoms with Crippen LogP contribution in [0.15, 0.2) is 18.2 Å². The van der Waals surface area contributed by atoms with Crippen molar-refractivity contribution in [3.05, 3.63) is 23.8 Å². The second-order valence-electron chi connectivity index (χ2n) is 4.48. The highest BCUT2D eigenvalue weighted by atomic mass is 79.9. The van der Waals surface area contributed by atoms with E-state index in [1.54, 1.807) is 0 Å². The molecule has 1 aromatic carbocycles. The molecule has 0 radical (unpaired) electrons. The van der Waals surface area contributed by atoms with Gasteiger partial charge >= 0.3 is 0 Å². The van der Waals surface area contributed by atoms with E-state index < -0.39 is 0 Å². The lowest BCUT2D eigenvalue weighted by Crippen LogP contribution is -2.32. The van der Waals surface area contributed by atoms with Crippen LogP contribution in [0.3, 0.4) is 0 Å². The zero-order valence-electron chi connectivity index (χ0n) is 11.2. The molecule has 19 heavy (non-hydrogen) atoms. The molecule has 0 aliphatic rings. The minimum absolute atomic E-state index is 0.0873. The van der Waals surface area contributed by atoms with Crippen LogP contribution in [0.5, 0.6) is 11.5 Å². The predicted octanol–water partition coefficient (Wildman–Crippen LogP) is 3.03. The van der Waals surface area contributed by atoms with Gasteiger partial charge in [-0.15, -0.1) is 0 Å². The van der Waals surface area contributed by atoms with Gasteiger partial charge in [0.05, 0.1) is 5.56 Å². The number of carbonyl (C=O) groups excluding carboxylic acids is 1. The molecule has 0 spiro atoms. The van der Waals surface area contributed by atoms with Crippen LogP contribution in [-0.4, -0.2) is 27.5 Å². The average molecular weight is 330 g/mol. The SMILES string of the molecule is CCC(CC)C(Br)CNC(=O)c1cccc(O)c1O. The lowest BCUT2D eigenvalue weighted by Gasteiger charge is -2.20.